The van der Waals surface area contributed by atoms with Crippen molar-refractivity contribution in [2.75, 3.05) is 36.8 Å². The number of sulfonamides is 1. The number of amides is 1. The summed E-state index contributed by atoms with van der Waals surface area (Å²) in [4.78, 5) is 14.1. The van der Waals surface area contributed by atoms with Gasteiger partial charge in [-0.2, -0.15) is 0 Å². The quantitative estimate of drug-likeness (QED) is 0.707. The van der Waals surface area contributed by atoms with Crippen LogP contribution in [0, 0.1) is 0 Å². The molecule has 0 radical (unpaired) electrons. The number of likely N-dealkylation sites (tertiary alicyclic amines) is 1. The van der Waals surface area contributed by atoms with E-state index in [4.69, 9.17) is 4.74 Å². The van der Waals surface area contributed by atoms with Crippen molar-refractivity contribution >= 4 is 21.6 Å². The van der Waals surface area contributed by atoms with Gasteiger partial charge in [0.2, 0.25) is 15.9 Å². The summed E-state index contributed by atoms with van der Waals surface area (Å²) in [6.07, 6.45) is 5.39. The van der Waals surface area contributed by atoms with E-state index < -0.39 is 10.0 Å². The Morgan fingerprint density at radius 1 is 1.16 bits per heavy atom. The monoisotopic (exact) mass is 368 g/mol. The Bertz CT molecular complexity index is 652. The molecule has 7 heteroatoms. The minimum absolute atomic E-state index is 0.125. The van der Waals surface area contributed by atoms with E-state index in [1.165, 1.54) is 17.0 Å². The molecular weight excluding hydrogens is 340 g/mol. The van der Waals surface area contributed by atoms with E-state index >= 15 is 0 Å². The van der Waals surface area contributed by atoms with Gasteiger partial charge in [0.1, 0.15) is 5.75 Å². The van der Waals surface area contributed by atoms with Gasteiger partial charge in [-0.25, -0.2) is 8.42 Å². The van der Waals surface area contributed by atoms with E-state index in [-0.39, 0.29) is 5.91 Å². The number of benzene rings is 1. The molecule has 0 bridgehead atoms. The number of rotatable bonds is 8. The maximum atomic E-state index is 12.2. The molecule has 1 aliphatic heterocycles. The van der Waals surface area contributed by atoms with Gasteiger partial charge in [-0.15, -0.1) is 0 Å². The second-order valence-electron chi connectivity index (χ2n) is 6.31. The first-order valence-corrected chi connectivity index (χ1v) is 10.7. The topological polar surface area (TPSA) is 66.9 Å². The minimum atomic E-state index is -3.40. The Balaban J connectivity index is 1.95. The number of hydrogen-bond acceptors (Lipinski definition) is 4. The number of anilines is 1. The summed E-state index contributed by atoms with van der Waals surface area (Å²) in [6, 6.07) is 6.99. The van der Waals surface area contributed by atoms with Crippen molar-refractivity contribution in [2.24, 2.45) is 0 Å². The Hall–Kier alpha value is -1.76. The average molecular weight is 368 g/mol. The van der Waals surface area contributed by atoms with Crippen molar-refractivity contribution < 1.29 is 17.9 Å². The van der Waals surface area contributed by atoms with Crippen LogP contribution in [-0.2, 0) is 14.8 Å². The Morgan fingerprint density at radius 3 is 2.36 bits per heavy atom. The van der Waals surface area contributed by atoms with Crippen LogP contribution in [0.5, 0.6) is 5.75 Å². The van der Waals surface area contributed by atoms with Crippen LogP contribution in [0.1, 0.15) is 39.0 Å². The molecular formula is C18H28N2O4S. The summed E-state index contributed by atoms with van der Waals surface area (Å²) < 4.78 is 31.0. The molecule has 1 heterocycles. The van der Waals surface area contributed by atoms with Crippen molar-refractivity contribution in [3.63, 3.8) is 0 Å². The third-order valence-corrected chi connectivity index (χ3v) is 5.49. The molecule has 0 aromatic heterocycles. The average Bonchev–Trinajstić information content (AvgIpc) is 2.59. The van der Waals surface area contributed by atoms with E-state index in [9.17, 15) is 13.2 Å². The van der Waals surface area contributed by atoms with Crippen LogP contribution in [0.2, 0.25) is 0 Å². The standard InChI is InChI=1S/C18H28N2O4S/c1-3-24-17-11-9-16(10-12-17)20(25(2,22)23)15-7-8-18(21)19-13-5-4-6-14-19/h9-12H,3-8,13-15H2,1-2H3. The van der Waals surface area contributed by atoms with Gasteiger partial charge in [0.05, 0.1) is 18.6 Å². The first-order chi connectivity index (χ1) is 11.9. The van der Waals surface area contributed by atoms with Gasteiger partial charge in [0.15, 0.2) is 0 Å². The second-order valence-corrected chi connectivity index (χ2v) is 8.21. The van der Waals surface area contributed by atoms with Crippen LogP contribution >= 0.6 is 0 Å². The van der Waals surface area contributed by atoms with Crippen LogP contribution in [-0.4, -0.2) is 51.7 Å². The van der Waals surface area contributed by atoms with Crippen molar-refractivity contribution in [3.8, 4) is 5.75 Å². The molecule has 0 atom stereocenters. The number of hydrogen-bond donors (Lipinski definition) is 0. The molecule has 0 unspecified atom stereocenters. The van der Waals surface area contributed by atoms with Crippen LogP contribution < -0.4 is 9.04 Å². The van der Waals surface area contributed by atoms with Crippen LogP contribution in [0.15, 0.2) is 24.3 Å². The van der Waals surface area contributed by atoms with Crippen molar-refractivity contribution in [3.05, 3.63) is 24.3 Å². The zero-order valence-corrected chi connectivity index (χ0v) is 15.9. The smallest absolute Gasteiger partial charge is 0.232 e. The molecule has 0 spiro atoms. The van der Waals surface area contributed by atoms with Crippen molar-refractivity contribution in [2.45, 2.75) is 39.0 Å². The summed E-state index contributed by atoms with van der Waals surface area (Å²) in [5.41, 5.74) is 0.594. The summed E-state index contributed by atoms with van der Waals surface area (Å²) in [6.45, 7) is 4.41. The molecule has 0 saturated carbocycles. The summed E-state index contributed by atoms with van der Waals surface area (Å²) in [7, 11) is -3.40. The number of carbonyl (C=O) groups excluding carboxylic acids is 1. The highest BCUT2D eigenvalue weighted by molar-refractivity contribution is 7.92. The van der Waals surface area contributed by atoms with Gasteiger partial charge >= 0.3 is 0 Å². The largest absolute Gasteiger partial charge is 0.494 e. The SMILES string of the molecule is CCOc1ccc(N(CCCC(=O)N2CCCCC2)S(C)(=O)=O)cc1. The summed E-state index contributed by atoms with van der Waals surface area (Å²) in [5, 5.41) is 0. The van der Waals surface area contributed by atoms with Crippen molar-refractivity contribution in [1.82, 2.24) is 4.90 Å². The van der Waals surface area contributed by atoms with Crippen molar-refractivity contribution in [1.29, 1.82) is 0 Å². The van der Waals surface area contributed by atoms with E-state index in [1.807, 2.05) is 11.8 Å². The molecule has 1 aliphatic rings. The van der Waals surface area contributed by atoms with Gasteiger partial charge in [-0.1, -0.05) is 0 Å². The number of piperidine rings is 1. The third kappa shape index (κ3) is 5.92. The first-order valence-electron chi connectivity index (χ1n) is 8.90. The lowest BCUT2D eigenvalue weighted by Gasteiger charge is -2.27. The molecule has 1 aromatic carbocycles. The molecule has 1 amide bonds. The van der Waals surface area contributed by atoms with Gasteiger partial charge in [-0.05, 0) is 56.9 Å². The fraction of sp³-hybridized carbons (Fsp3) is 0.611. The van der Waals surface area contributed by atoms with E-state index in [2.05, 4.69) is 0 Å². The van der Waals surface area contributed by atoms with Crippen LogP contribution in [0.3, 0.4) is 0 Å². The predicted molar refractivity (Wildman–Crippen MR) is 99.5 cm³/mol. The molecule has 6 nitrogen and oxygen atoms in total. The lowest BCUT2D eigenvalue weighted by Crippen LogP contribution is -2.36. The van der Waals surface area contributed by atoms with Gasteiger partial charge in [-0.3, -0.25) is 9.10 Å². The highest BCUT2D eigenvalue weighted by atomic mass is 32.2. The maximum Gasteiger partial charge on any atom is 0.232 e. The molecule has 2 rings (SSSR count). The Labute approximate surface area is 150 Å². The predicted octanol–water partition coefficient (Wildman–Crippen LogP) is 2.64. The van der Waals surface area contributed by atoms with E-state index in [0.717, 1.165) is 25.9 Å². The maximum absolute atomic E-state index is 12.2. The normalized spacial score (nSPS) is 15.0. The van der Waals surface area contributed by atoms with Gasteiger partial charge in [0, 0.05) is 26.1 Å². The number of carbonyl (C=O) groups is 1. The van der Waals surface area contributed by atoms with Gasteiger partial charge < -0.3 is 9.64 Å². The lowest BCUT2D eigenvalue weighted by atomic mass is 10.1. The number of ether oxygens (including phenoxy) is 1. The van der Waals surface area contributed by atoms with Crippen LogP contribution in [0.4, 0.5) is 5.69 Å². The molecule has 1 saturated heterocycles. The highest BCUT2D eigenvalue weighted by Gasteiger charge is 2.20. The molecule has 1 fully saturated rings. The van der Waals surface area contributed by atoms with E-state index in [0.29, 0.717) is 37.4 Å². The zero-order valence-electron chi connectivity index (χ0n) is 15.1. The summed E-state index contributed by atoms with van der Waals surface area (Å²) in [5.74, 6) is 0.833. The number of nitrogens with zero attached hydrogens (tertiary/aromatic N) is 2. The molecule has 1 aromatic rings. The Morgan fingerprint density at radius 2 is 1.80 bits per heavy atom. The fourth-order valence-corrected chi connectivity index (χ4v) is 4.00. The Kier molecular flexibility index (Phi) is 7.11. The highest BCUT2D eigenvalue weighted by Crippen LogP contribution is 2.22. The molecule has 0 N–H and O–H groups in total. The minimum Gasteiger partial charge on any atom is -0.494 e. The molecule has 0 aliphatic carbocycles. The molecule has 140 valence electrons. The second kappa shape index (κ2) is 9.08. The van der Waals surface area contributed by atoms with Gasteiger partial charge in [0.25, 0.3) is 0 Å². The first kappa shape index (κ1) is 19.6. The lowest BCUT2D eigenvalue weighted by molar-refractivity contribution is -0.132. The fourth-order valence-electron chi connectivity index (χ4n) is 3.04. The van der Waals surface area contributed by atoms with Crippen LogP contribution in [0.25, 0.3) is 0 Å². The van der Waals surface area contributed by atoms with E-state index in [1.54, 1.807) is 24.3 Å². The molecule has 25 heavy (non-hydrogen) atoms. The third-order valence-electron chi connectivity index (χ3n) is 4.30. The summed E-state index contributed by atoms with van der Waals surface area (Å²) >= 11 is 0. The zero-order chi connectivity index (χ0) is 18.3.